The molecule has 110 valence electrons. The number of hydrogen-bond donors (Lipinski definition) is 3. The Balaban J connectivity index is 4.56. The van der Waals surface area contributed by atoms with Crippen molar-refractivity contribution < 1.29 is 19.5 Å². The molecular weight excluding hydrogens is 252 g/mol. The van der Waals surface area contributed by atoms with Crippen LogP contribution < -0.4 is 11.1 Å². The predicted molar refractivity (Wildman–Crippen MR) is 69.6 cm³/mol. The zero-order valence-corrected chi connectivity index (χ0v) is 11.8. The van der Waals surface area contributed by atoms with Crippen LogP contribution in [0.4, 0.5) is 4.79 Å². The smallest absolute Gasteiger partial charge is 0.323 e. The molecule has 8 nitrogen and oxygen atoms in total. The second-order valence-corrected chi connectivity index (χ2v) is 5.08. The first-order valence-electron chi connectivity index (χ1n) is 5.76. The van der Waals surface area contributed by atoms with E-state index >= 15 is 0 Å². The van der Waals surface area contributed by atoms with Gasteiger partial charge in [-0.1, -0.05) is 0 Å². The number of likely N-dealkylation sites (N-methyl/N-ethyl adjacent to an activating group) is 1. The average Bonchev–Trinajstić information content (AvgIpc) is 2.23. The molecule has 0 aromatic heterocycles. The maximum Gasteiger partial charge on any atom is 0.323 e. The molecule has 19 heavy (non-hydrogen) atoms. The third-order valence-corrected chi connectivity index (χ3v) is 2.84. The van der Waals surface area contributed by atoms with Crippen molar-refractivity contribution in [2.75, 3.05) is 33.7 Å². The quantitative estimate of drug-likeness (QED) is 0.545. The first-order chi connectivity index (χ1) is 8.56. The van der Waals surface area contributed by atoms with Crippen LogP contribution in [0.25, 0.3) is 0 Å². The Bertz CT molecular complexity index is 339. The molecule has 0 fully saturated rings. The largest absolute Gasteiger partial charge is 0.480 e. The molecule has 0 aromatic rings. The van der Waals surface area contributed by atoms with E-state index in [4.69, 9.17) is 10.8 Å². The summed E-state index contributed by atoms with van der Waals surface area (Å²) in [6.45, 7) is 3.15. The number of urea groups is 1. The van der Waals surface area contributed by atoms with E-state index < -0.39 is 31.0 Å². The molecule has 0 unspecified atom stereocenters. The number of carbonyl (C=O) groups excluding carboxylic acids is 2. The zero-order valence-electron chi connectivity index (χ0n) is 11.8. The van der Waals surface area contributed by atoms with Crippen LogP contribution in [0.15, 0.2) is 0 Å². The highest BCUT2D eigenvalue weighted by Crippen LogP contribution is 2.07. The van der Waals surface area contributed by atoms with Crippen LogP contribution in [0.3, 0.4) is 0 Å². The Morgan fingerprint density at radius 3 is 2.11 bits per heavy atom. The monoisotopic (exact) mass is 274 g/mol. The molecule has 0 aliphatic heterocycles. The topological polar surface area (TPSA) is 116 Å². The molecule has 8 heteroatoms. The van der Waals surface area contributed by atoms with Gasteiger partial charge in [-0.05, 0) is 27.9 Å². The minimum atomic E-state index is -1.21. The number of nitrogens with one attached hydrogen (secondary N) is 1. The number of primary amides is 1. The molecule has 0 aliphatic carbocycles. The highest BCUT2D eigenvalue weighted by atomic mass is 16.4. The highest BCUT2D eigenvalue weighted by Gasteiger charge is 2.24. The number of nitrogens with zero attached hydrogens (tertiary/aromatic N) is 2. The Morgan fingerprint density at radius 1 is 1.21 bits per heavy atom. The summed E-state index contributed by atoms with van der Waals surface area (Å²) in [7, 11) is 3.73. The predicted octanol–water partition coefficient (Wildman–Crippen LogP) is -1.09. The van der Waals surface area contributed by atoms with Gasteiger partial charge in [-0.15, -0.1) is 0 Å². The van der Waals surface area contributed by atoms with Gasteiger partial charge in [0.1, 0.15) is 13.1 Å². The van der Waals surface area contributed by atoms with Crippen LogP contribution in [-0.4, -0.2) is 72.1 Å². The lowest BCUT2D eigenvalue weighted by atomic mass is 10.0. The van der Waals surface area contributed by atoms with Gasteiger partial charge in [0, 0.05) is 12.1 Å². The average molecular weight is 274 g/mol. The van der Waals surface area contributed by atoms with E-state index in [2.05, 4.69) is 5.32 Å². The number of hydrogen-bond acceptors (Lipinski definition) is 4. The third-order valence-electron chi connectivity index (χ3n) is 2.84. The number of carboxylic acid groups (broad SMARTS) is 1. The Labute approximate surface area is 112 Å². The van der Waals surface area contributed by atoms with Crippen molar-refractivity contribution in [3.05, 3.63) is 0 Å². The summed E-state index contributed by atoms with van der Waals surface area (Å²) in [5, 5.41) is 11.3. The standard InChI is InChI=1S/C11H22N4O4/c1-11(2,14(3)4)7-13-10(19)15(5-8(12)16)6-9(17)18/h5-7H2,1-4H3,(H2,12,16)(H,13,19)(H,17,18). The van der Waals surface area contributed by atoms with Gasteiger partial charge in [-0.2, -0.15) is 0 Å². The zero-order chi connectivity index (χ0) is 15.2. The second-order valence-electron chi connectivity index (χ2n) is 5.08. The van der Waals surface area contributed by atoms with Gasteiger partial charge in [0.05, 0.1) is 0 Å². The molecule has 0 rings (SSSR count). The summed E-state index contributed by atoms with van der Waals surface area (Å²) in [5.74, 6) is -1.97. The highest BCUT2D eigenvalue weighted by molar-refractivity contribution is 5.85. The van der Waals surface area contributed by atoms with Gasteiger partial charge in [-0.3, -0.25) is 9.59 Å². The molecule has 0 radical (unpaired) electrons. The Kier molecular flexibility index (Phi) is 6.26. The van der Waals surface area contributed by atoms with Crippen LogP contribution in [0, 0.1) is 0 Å². The molecule has 3 amide bonds. The van der Waals surface area contributed by atoms with Crippen molar-refractivity contribution in [2.24, 2.45) is 5.73 Å². The number of rotatable bonds is 7. The first-order valence-corrected chi connectivity index (χ1v) is 5.76. The fourth-order valence-corrected chi connectivity index (χ4v) is 1.11. The third kappa shape index (κ3) is 6.61. The van der Waals surface area contributed by atoms with Gasteiger partial charge in [0.25, 0.3) is 0 Å². The van der Waals surface area contributed by atoms with Gasteiger partial charge >= 0.3 is 12.0 Å². The summed E-state index contributed by atoms with van der Waals surface area (Å²) in [4.78, 5) is 36.0. The van der Waals surface area contributed by atoms with Crippen LogP contribution in [-0.2, 0) is 9.59 Å². The summed E-state index contributed by atoms with van der Waals surface area (Å²) in [5.41, 5.74) is 4.68. The number of amides is 3. The molecule has 0 atom stereocenters. The molecule has 0 saturated carbocycles. The van der Waals surface area contributed by atoms with Crippen molar-refractivity contribution in [2.45, 2.75) is 19.4 Å². The number of aliphatic carboxylic acids is 1. The van der Waals surface area contributed by atoms with E-state index in [1.165, 1.54) is 0 Å². The summed E-state index contributed by atoms with van der Waals surface area (Å²) < 4.78 is 0. The van der Waals surface area contributed by atoms with E-state index in [1.807, 2.05) is 32.8 Å². The van der Waals surface area contributed by atoms with Crippen LogP contribution >= 0.6 is 0 Å². The first kappa shape index (κ1) is 17.2. The lowest BCUT2D eigenvalue weighted by Gasteiger charge is -2.33. The summed E-state index contributed by atoms with van der Waals surface area (Å²) in [6.07, 6.45) is 0. The fourth-order valence-electron chi connectivity index (χ4n) is 1.11. The van der Waals surface area contributed by atoms with E-state index in [-0.39, 0.29) is 5.54 Å². The molecule has 0 heterocycles. The van der Waals surface area contributed by atoms with Gasteiger partial charge in [0.15, 0.2) is 0 Å². The van der Waals surface area contributed by atoms with Crippen LogP contribution in [0.1, 0.15) is 13.8 Å². The number of carbonyl (C=O) groups is 3. The van der Waals surface area contributed by atoms with Gasteiger partial charge in [0.2, 0.25) is 5.91 Å². The van der Waals surface area contributed by atoms with E-state index in [0.717, 1.165) is 4.90 Å². The van der Waals surface area contributed by atoms with Crippen molar-refractivity contribution in [1.82, 2.24) is 15.1 Å². The lowest BCUT2D eigenvalue weighted by Crippen LogP contribution is -2.53. The molecular formula is C11H22N4O4. The molecule has 0 saturated heterocycles. The maximum atomic E-state index is 11.8. The van der Waals surface area contributed by atoms with Gasteiger partial charge < -0.3 is 26.0 Å². The summed E-state index contributed by atoms with van der Waals surface area (Å²) in [6, 6.07) is -0.629. The number of carboxylic acids is 1. The van der Waals surface area contributed by atoms with Crippen LogP contribution in [0.5, 0.6) is 0 Å². The normalized spacial score (nSPS) is 11.2. The SMILES string of the molecule is CN(C)C(C)(C)CNC(=O)N(CC(N)=O)CC(=O)O. The maximum absolute atomic E-state index is 11.8. The van der Waals surface area contributed by atoms with Crippen molar-refractivity contribution >= 4 is 17.9 Å². The van der Waals surface area contributed by atoms with Crippen LogP contribution in [0.2, 0.25) is 0 Å². The molecule has 0 spiro atoms. The van der Waals surface area contributed by atoms with Crippen molar-refractivity contribution in [3.8, 4) is 0 Å². The van der Waals surface area contributed by atoms with E-state index in [0.29, 0.717) is 6.54 Å². The minimum absolute atomic E-state index is 0.294. The van der Waals surface area contributed by atoms with Crippen molar-refractivity contribution in [1.29, 1.82) is 0 Å². The van der Waals surface area contributed by atoms with Crippen molar-refractivity contribution in [3.63, 3.8) is 0 Å². The molecule has 0 aliphatic rings. The minimum Gasteiger partial charge on any atom is -0.480 e. The van der Waals surface area contributed by atoms with Gasteiger partial charge in [-0.25, -0.2) is 4.79 Å². The number of nitrogens with two attached hydrogens (primary N) is 1. The second kappa shape index (κ2) is 6.93. The summed E-state index contributed by atoms with van der Waals surface area (Å²) >= 11 is 0. The van der Waals surface area contributed by atoms with E-state index in [1.54, 1.807) is 0 Å². The Morgan fingerprint density at radius 2 is 1.74 bits per heavy atom. The molecule has 4 N–H and O–H groups in total. The molecule has 0 bridgehead atoms. The Hall–Kier alpha value is -1.83. The molecule has 0 aromatic carbocycles. The lowest BCUT2D eigenvalue weighted by molar-refractivity contribution is -0.137. The fraction of sp³-hybridized carbons (Fsp3) is 0.727. The van der Waals surface area contributed by atoms with E-state index in [9.17, 15) is 14.4 Å².